The van der Waals surface area contributed by atoms with E-state index in [9.17, 15) is 65.1 Å². The summed E-state index contributed by atoms with van der Waals surface area (Å²) in [5, 5.41) is 90.0. The monoisotopic (exact) mass is 844 g/mol. The zero-order valence-electron chi connectivity index (χ0n) is 33.0. The van der Waals surface area contributed by atoms with E-state index in [1.165, 1.54) is 4.90 Å². The minimum atomic E-state index is -1.69. The summed E-state index contributed by atoms with van der Waals surface area (Å²) in [6, 6.07) is 9.28. The number of carbonyl (C=O) groups excluding carboxylic acids is 3. The van der Waals surface area contributed by atoms with E-state index in [4.69, 9.17) is 23.7 Å². The van der Waals surface area contributed by atoms with Crippen molar-refractivity contribution in [3.8, 4) is 0 Å². The van der Waals surface area contributed by atoms with Crippen LogP contribution in [0.5, 0.6) is 0 Å². The highest BCUT2D eigenvalue weighted by atomic mass is 16.7. The Kier molecular flexibility index (Phi) is 19.3. The summed E-state index contributed by atoms with van der Waals surface area (Å²) < 4.78 is 27.2. The molecule has 0 saturated carbocycles. The smallest absolute Gasteiger partial charge is 0.306 e. The zero-order valence-corrected chi connectivity index (χ0v) is 33.0. The predicted octanol–water partition coefficient (Wildman–Crippen LogP) is -2.38. The molecule has 59 heavy (non-hydrogen) atoms. The molecule has 3 fully saturated rings. The molecule has 2 amide bonds. The van der Waals surface area contributed by atoms with E-state index in [-0.39, 0.29) is 90.0 Å². The number of hydrogen-bond acceptors (Lipinski definition) is 17. The van der Waals surface area contributed by atoms with Gasteiger partial charge in [0.05, 0.1) is 32.8 Å². The Morgan fingerprint density at radius 1 is 0.729 bits per heavy atom. The quantitative estimate of drug-likeness (QED) is 0.0435. The van der Waals surface area contributed by atoms with Crippen LogP contribution >= 0.6 is 0 Å². The molecule has 9 N–H and O–H groups in total. The molecule has 334 valence electrons. The van der Waals surface area contributed by atoms with Crippen molar-refractivity contribution in [2.45, 2.75) is 126 Å². The van der Waals surface area contributed by atoms with Gasteiger partial charge in [-0.1, -0.05) is 30.3 Å². The zero-order chi connectivity index (χ0) is 43.1. The molecule has 3 aliphatic rings. The molecule has 20 heteroatoms. The number of aliphatic hydroxyl groups is 8. The maximum atomic E-state index is 13.8. The van der Waals surface area contributed by atoms with Gasteiger partial charge in [-0.2, -0.15) is 0 Å². The van der Waals surface area contributed by atoms with Gasteiger partial charge >= 0.3 is 11.9 Å². The number of aliphatic hydroxyl groups excluding tert-OH is 8. The lowest BCUT2D eigenvalue weighted by atomic mass is 9.72. The van der Waals surface area contributed by atoms with Crippen LogP contribution < -0.4 is 0 Å². The van der Waals surface area contributed by atoms with Crippen LogP contribution in [0.2, 0.25) is 0 Å². The lowest BCUT2D eigenvalue weighted by Gasteiger charge is -2.41. The van der Waals surface area contributed by atoms with E-state index < -0.39 is 91.9 Å². The van der Waals surface area contributed by atoms with Crippen molar-refractivity contribution in [3.05, 3.63) is 35.9 Å². The van der Waals surface area contributed by atoms with Crippen molar-refractivity contribution >= 4 is 23.8 Å². The second-order valence-electron chi connectivity index (χ2n) is 15.3. The summed E-state index contributed by atoms with van der Waals surface area (Å²) in [4.78, 5) is 53.9. The number of benzene rings is 1. The summed E-state index contributed by atoms with van der Waals surface area (Å²) >= 11 is 0. The number of likely N-dealkylation sites (tertiary alicyclic amines) is 1. The van der Waals surface area contributed by atoms with Crippen LogP contribution in [0.4, 0.5) is 0 Å². The Morgan fingerprint density at radius 3 is 1.76 bits per heavy atom. The Bertz CT molecular complexity index is 1420. The second kappa shape index (κ2) is 23.6. The van der Waals surface area contributed by atoms with Gasteiger partial charge in [0, 0.05) is 45.4 Å². The molecular formula is C39H60N2O18. The van der Waals surface area contributed by atoms with Crippen LogP contribution in [0.1, 0.15) is 63.4 Å². The van der Waals surface area contributed by atoms with Gasteiger partial charge in [0.1, 0.15) is 55.4 Å². The molecule has 0 radical (unpaired) electrons. The highest BCUT2D eigenvalue weighted by Gasteiger charge is 2.45. The number of carboxylic acids is 1. The summed E-state index contributed by atoms with van der Waals surface area (Å²) in [5.41, 5.74) is 0.0628. The first-order chi connectivity index (χ1) is 28.2. The molecule has 0 aliphatic carbocycles. The lowest BCUT2D eigenvalue weighted by molar-refractivity contribution is -0.303. The average Bonchev–Trinajstić information content (AvgIpc) is 3.23. The first-order valence-electron chi connectivity index (χ1n) is 20.0. The maximum Gasteiger partial charge on any atom is 0.306 e. The largest absolute Gasteiger partial charge is 0.481 e. The minimum Gasteiger partial charge on any atom is -0.481 e. The SMILES string of the molecule is O=C(O)CC1(CCC(=O)N(CCO[C@H]2O[C@H](CO)[C@@H](O)[C@H](O)[C@@H]2O)CCO[C@H]2O[C@H](CO)[C@@H](O)[C@H](O)[C@@H]2O)CCN(C(=O)CCCCC(=O)OCc2ccccc2)CC1. The van der Waals surface area contributed by atoms with Crippen LogP contribution in [0.3, 0.4) is 0 Å². The molecule has 1 aromatic rings. The first-order valence-corrected chi connectivity index (χ1v) is 20.0. The fourth-order valence-corrected chi connectivity index (χ4v) is 7.44. The van der Waals surface area contributed by atoms with Gasteiger partial charge in [-0.15, -0.1) is 0 Å². The van der Waals surface area contributed by atoms with Gasteiger partial charge in [0.15, 0.2) is 12.6 Å². The van der Waals surface area contributed by atoms with E-state index in [0.717, 1.165) is 5.56 Å². The number of rotatable bonds is 22. The molecule has 3 heterocycles. The topological polar surface area (TPSA) is 303 Å². The number of ether oxygens (including phenoxy) is 5. The van der Waals surface area contributed by atoms with E-state index in [0.29, 0.717) is 25.7 Å². The highest BCUT2D eigenvalue weighted by molar-refractivity contribution is 5.77. The average molecular weight is 845 g/mol. The predicted molar refractivity (Wildman–Crippen MR) is 200 cm³/mol. The van der Waals surface area contributed by atoms with E-state index >= 15 is 0 Å². The molecule has 20 nitrogen and oxygen atoms in total. The van der Waals surface area contributed by atoms with E-state index in [2.05, 4.69) is 0 Å². The number of piperidine rings is 1. The molecule has 3 aliphatic heterocycles. The number of amides is 2. The Morgan fingerprint density at radius 2 is 1.25 bits per heavy atom. The van der Waals surface area contributed by atoms with Crippen LogP contribution in [0.25, 0.3) is 0 Å². The fraction of sp³-hybridized carbons (Fsp3) is 0.744. The number of nitrogens with zero attached hydrogens (tertiary/aromatic N) is 2. The van der Waals surface area contributed by atoms with Gasteiger partial charge in [-0.3, -0.25) is 19.2 Å². The third kappa shape index (κ3) is 14.1. The van der Waals surface area contributed by atoms with Crippen molar-refractivity contribution in [2.24, 2.45) is 5.41 Å². The minimum absolute atomic E-state index is 0.118. The normalized spacial score (nSPS) is 29.5. The van der Waals surface area contributed by atoms with Gasteiger partial charge < -0.3 is 79.4 Å². The molecule has 0 unspecified atom stereocenters. The van der Waals surface area contributed by atoms with E-state index in [1.807, 2.05) is 30.3 Å². The summed E-state index contributed by atoms with van der Waals surface area (Å²) in [7, 11) is 0. The van der Waals surface area contributed by atoms with Crippen molar-refractivity contribution < 1.29 is 88.8 Å². The van der Waals surface area contributed by atoms with Gasteiger partial charge in [0.25, 0.3) is 0 Å². The number of carboxylic acid groups (broad SMARTS) is 1. The molecule has 0 aromatic heterocycles. The van der Waals surface area contributed by atoms with Crippen LogP contribution in [0.15, 0.2) is 30.3 Å². The molecule has 0 bridgehead atoms. The number of hydrogen-bond donors (Lipinski definition) is 9. The molecule has 1 aromatic carbocycles. The summed E-state index contributed by atoms with van der Waals surface area (Å²) in [6.45, 7) is -1.47. The number of esters is 1. The second-order valence-corrected chi connectivity index (χ2v) is 15.3. The summed E-state index contributed by atoms with van der Waals surface area (Å²) in [5.74, 6) is -1.99. The number of aliphatic carboxylic acids is 1. The van der Waals surface area contributed by atoms with Crippen LogP contribution in [-0.4, -0.2) is 194 Å². The van der Waals surface area contributed by atoms with Crippen molar-refractivity contribution in [1.82, 2.24) is 9.80 Å². The van der Waals surface area contributed by atoms with E-state index in [1.54, 1.807) is 4.90 Å². The van der Waals surface area contributed by atoms with Crippen molar-refractivity contribution in [2.75, 3.05) is 52.6 Å². The molecule has 10 atom stereocenters. The number of unbranched alkanes of at least 4 members (excludes halogenated alkanes) is 1. The lowest BCUT2D eigenvalue weighted by Crippen LogP contribution is -2.59. The van der Waals surface area contributed by atoms with Gasteiger partial charge in [0.2, 0.25) is 11.8 Å². The Labute approximate surface area is 341 Å². The first kappa shape index (κ1) is 48.3. The Hall–Kier alpha value is -3.38. The summed E-state index contributed by atoms with van der Waals surface area (Å²) in [6.07, 6.45) is -13.6. The standard InChI is InChI=1S/C39H60N2O18/c42-21-25-31(49)33(51)35(53)37(58-25)55-18-16-41(17-19-56-38-36(54)34(52)32(50)26(22-43)59-38)28(45)10-11-39(20-29(46)47)12-14-40(15-13-39)27(44)8-4-5-9-30(48)57-23-24-6-2-1-3-7-24/h1-3,6-7,25-26,31-38,42-43,49-54H,4-5,8-23H2,(H,46,47)/t25-,26-,31-,32-,33+,34+,35+,36+,37+,38+/m1/s1. The third-order valence-corrected chi connectivity index (χ3v) is 11.2. The Balaban J connectivity index is 1.30. The maximum absolute atomic E-state index is 13.8. The van der Waals surface area contributed by atoms with Gasteiger partial charge in [-0.25, -0.2) is 0 Å². The third-order valence-electron chi connectivity index (χ3n) is 11.2. The van der Waals surface area contributed by atoms with Crippen LogP contribution in [-0.2, 0) is 49.5 Å². The highest BCUT2D eigenvalue weighted by Crippen LogP contribution is 2.40. The molecule has 3 saturated heterocycles. The molecule has 0 spiro atoms. The van der Waals surface area contributed by atoms with Gasteiger partial charge in [-0.05, 0) is 43.1 Å². The van der Waals surface area contributed by atoms with Crippen molar-refractivity contribution in [1.29, 1.82) is 0 Å². The molecule has 4 rings (SSSR count). The fourth-order valence-electron chi connectivity index (χ4n) is 7.44. The van der Waals surface area contributed by atoms with Crippen molar-refractivity contribution in [3.63, 3.8) is 0 Å². The molecular weight excluding hydrogens is 784 g/mol. The van der Waals surface area contributed by atoms with Crippen LogP contribution in [0, 0.1) is 5.41 Å². The number of carbonyl (C=O) groups is 4.